The molecule has 1 amide bonds. The Kier molecular flexibility index (Phi) is 8.37. The van der Waals surface area contributed by atoms with Gasteiger partial charge in [-0.2, -0.15) is 0 Å². The molecule has 2 aromatic rings. The summed E-state index contributed by atoms with van der Waals surface area (Å²) in [6.07, 6.45) is -4.97. The fourth-order valence-electron chi connectivity index (χ4n) is 3.80. The minimum atomic E-state index is -1.79. The van der Waals surface area contributed by atoms with Crippen LogP contribution in [0.3, 0.4) is 0 Å². The number of benzene rings is 2. The largest absolute Gasteiger partial charge is 0.459 e. The number of amides is 1. The third-order valence-corrected chi connectivity index (χ3v) is 6.88. The van der Waals surface area contributed by atoms with Gasteiger partial charge in [0.25, 0.3) is 0 Å². The number of carbonyl (C=O) groups excluding carboxylic acids is 3. The monoisotopic (exact) mass is 544 g/mol. The molecule has 9 nitrogen and oxygen atoms in total. The van der Waals surface area contributed by atoms with Crippen LogP contribution in [0, 0.1) is 0 Å². The zero-order chi connectivity index (χ0) is 27.4. The number of carbonyl (C=O) groups is 3. The van der Waals surface area contributed by atoms with E-state index in [4.69, 9.17) is 18.9 Å². The minimum absolute atomic E-state index is 0.201. The second kappa shape index (κ2) is 11.5. The topological polar surface area (TPSA) is 104 Å². The zero-order valence-electron chi connectivity index (χ0n) is 21.4. The first-order chi connectivity index (χ1) is 18.0. The van der Waals surface area contributed by atoms with E-state index < -0.39 is 53.5 Å². The Hall–Kier alpha value is -3.44. The van der Waals surface area contributed by atoms with Crippen molar-refractivity contribution in [2.24, 2.45) is 4.99 Å². The van der Waals surface area contributed by atoms with Crippen LogP contribution < -0.4 is 0 Å². The van der Waals surface area contributed by atoms with Gasteiger partial charge in [-0.1, -0.05) is 48.2 Å². The summed E-state index contributed by atoms with van der Waals surface area (Å²) in [6.45, 7) is 4.84. The van der Waals surface area contributed by atoms with Crippen LogP contribution in [0.2, 0.25) is 0 Å². The van der Waals surface area contributed by atoms with Gasteiger partial charge in [0.1, 0.15) is 29.8 Å². The summed E-state index contributed by atoms with van der Waals surface area (Å²) < 4.78 is 38.3. The normalized spacial score (nSPS) is 24.6. The van der Waals surface area contributed by atoms with Crippen molar-refractivity contribution >= 4 is 35.0 Å². The van der Waals surface area contributed by atoms with Gasteiger partial charge in [0, 0.05) is 7.05 Å². The molecule has 4 rings (SSSR count). The molecular formula is C27H29FN2O7S. The summed E-state index contributed by atoms with van der Waals surface area (Å²) >= 11 is 1.04. The number of thioether (sulfide) groups is 1. The van der Waals surface area contributed by atoms with Gasteiger partial charge in [-0.3, -0.25) is 9.89 Å². The quantitative estimate of drug-likeness (QED) is 0.401. The number of halogens is 1. The highest BCUT2D eigenvalue weighted by Crippen LogP contribution is 2.40. The molecule has 0 aromatic heterocycles. The maximum atomic E-state index is 15.9. The van der Waals surface area contributed by atoms with Crippen molar-refractivity contribution in [1.29, 1.82) is 0 Å². The number of alkyl halides is 1. The van der Waals surface area contributed by atoms with Gasteiger partial charge in [0.2, 0.25) is 0 Å². The zero-order valence-corrected chi connectivity index (χ0v) is 22.2. The van der Waals surface area contributed by atoms with E-state index in [1.54, 1.807) is 81.4 Å². The predicted molar refractivity (Wildman–Crippen MR) is 139 cm³/mol. The molecule has 0 aliphatic carbocycles. The van der Waals surface area contributed by atoms with E-state index in [2.05, 4.69) is 4.99 Å². The number of esters is 2. The van der Waals surface area contributed by atoms with Gasteiger partial charge in [-0.15, -0.1) is 0 Å². The van der Waals surface area contributed by atoms with E-state index in [1.165, 1.54) is 11.9 Å². The minimum Gasteiger partial charge on any atom is -0.459 e. The number of fused-ring (bicyclic) bond motifs is 1. The molecule has 0 bridgehead atoms. The third-order valence-electron chi connectivity index (χ3n) is 5.67. The molecule has 0 radical (unpaired) electrons. The number of hydrogen-bond donors (Lipinski definition) is 0. The number of ether oxygens (including phenoxy) is 4. The van der Waals surface area contributed by atoms with Crippen molar-refractivity contribution in [3.8, 4) is 0 Å². The predicted octanol–water partition coefficient (Wildman–Crippen LogP) is 4.47. The summed E-state index contributed by atoms with van der Waals surface area (Å²) in [5.41, 5.74) is -1.02. The summed E-state index contributed by atoms with van der Waals surface area (Å²) in [5, 5.41) is 0.201. The van der Waals surface area contributed by atoms with Crippen molar-refractivity contribution in [3.63, 3.8) is 0 Å². The second-order valence-corrected chi connectivity index (χ2v) is 10.8. The first-order valence-electron chi connectivity index (χ1n) is 12.0. The van der Waals surface area contributed by atoms with Gasteiger partial charge < -0.3 is 18.9 Å². The maximum absolute atomic E-state index is 15.9. The molecule has 2 heterocycles. The summed E-state index contributed by atoms with van der Waals surface area (Å²) in [4.78, 5) is 43.4. The molecular weight excluding hydrogens is 515 g/mol. The Morgan fingerprint density at radius 1 is 1.00 bits per heavy atom. The summed E-state index contributed by atoms with van der Waals surface area (Å²) in [5.74, 6) is -1.37. The molecule has 11 heteroatoms. The molecule has 2 aliphatic heterocycles. The molecule has 5 atom stereocenters. The van der Waals surface area contributed by atoms with Crippen LogP contribution in [0.15, 0.2) is 65.7 Å². The number of aliphatic imine (C=N–C) groups is 1. The average molecular weight is 545 g/mol. The summed E-state index contributed by atoms with van der Waals surface area (Å²) in [6, 6.07) is 15.4. The van der Waals surface area contributed by atoms with Crippen molar-refractivity contribution in [3.05, 3.63) is 71.8 Å². The van der Waals surface area contributed by atoms with E-state index in [1.807, 2.05) is 0 Å². The SMILES string of the molecule is CN(C(=O)OC(C)(C)C)C1=N[C@@H]2[C@@H](F)[C@H](OC(=O)c3ccccc3)[C@@H](COC(=O)c3ccccc3)O[C@@H]2S1. The molecule has 1 saturated heterocycles. The first kappa shape index (κ1) is 27.6. The van der Waals surface area contributed by atoms with E-state index >= 15 is 4.39 Å². The lowest BCUT2D eigenvalue weighted by atomic mass is 9.99. The average Bonchev–Trinajstić information content (AvgIpc) is 3.33. The molecule has 1 fully saturated rings. The third kappa shape index (κ3) is 6.51. The highest BCUT2D eigenvalue weighted by molar-refractivity contribution is 8.14. The molecule has 38 heavy (non-hydrogen) atoms. The van der Waals surface area contributed by atoms with Crippen molar-refractivity contribution in [2.75, 3.05) is 13.7 Å². The van der Waals surface area contributed by atoms with Crippen LogP contribution in [0.25, 0.3) is 0 Å². The molecule has 202 valence electrons. The van der Waals surface area contributed by atoms with Crippen LogP contribution in [0.4, 0.5) is 9.18 Å². The lowest BCUT2D eigenvalue weighted by molar-refractivity contribution is -0.149. The van der Waals surface area contributed by atoms with Crippen LogP contribution in [0.1, 0.15) is 41.5 Å². The maximum Gasteiger partial charge on any atom is 0.416 e. The van der Waals surface area contributed by atoms with E-state index in [-0.39, 0.29) is 17.3 Å². The highest BCUT2D eigenvalue weighted by atomic mass is 32.2. The molecule has 2 aromatic carbocycles. The van der Waals surface area contributed by atoms with Gasteiger partial charge in [0.05, 0.1) is 11.1 Å². The Balaban J connectivity index is 1.52. The molecule has 0 spiro atoms. The van der Waals surface area contributed by atoms with Crippen LogP contribution >= 0.6 is 11.8 Å². The van der Waals surface area contributed by atoms with Crippen LogP contribution in [0.5, 0.6) is 0 Å². The fourth-order valence-corrected chi connectivity index (χ4v) is 4.97. The van der Waals surface area contributed by atoms with Crippen LogP contribution in [-0.4, -0.2) is 77.2 Å². The van der Waals surface area contributed by atoms with Gasteiger partial charge >= 0.3 is 18.0 Å². The number of nitrogens with zero attached hydrogens (tertiary/aromatic N) is 2. The number of amidine groups is 1. The van der Waals surface area contributed by atoms with Crippen molar-refractivity contribution in [2.45, 2.75) is 56.2 Å². The Morgan fingerprint density at radius 2 is 1.58 bits per heavy atom. The van der Waals surface area contributed by atoms with E-state index in [0.29, 0.717) is 5.56 Å². The molecule has 0 N–H and O–H groups in total. The Morgan fingerprint density at radius 3 is 2.16 bits per heavy atom. The smallest absolute Gasteiger partial charge is 0.416 e. The first-order valence-corrected chi connectivity index (χ1v) is 12.9. The second-order valence-electron chi connectivity index (χ2n) is 9.75. The lowest BCUT2D eigenvalue weighted by Crippen LogP contribution is -2.56. The number of hydrogen-bond acceptors (Lipinski definition) is 9. The Bertz CT molecular complexity index is 1190. The number of rotatable bonds is 5. The van der Waals surface area contributed by atoms with Crippen molar-refractivity contribution < 1.29 is 37.7 Å². The highest BCUT2D eigenvalue weighted by Gasteiger charge is 2.53. The molecule has 0 unspecified atom stereocenters. The summed E-state index contributed by atoms with van der Waals surface area (Å²) in [7, 11) is 1.47. The standard InChI is InChI=1S/C27H29FN2O7S/c1-27(2,3)37-26(33)30(4)25-29-20-19(28)21(36-23(32)17-13-9-6-10-14-17)18(35-24(20)38-25)15-34-22(31)16-11-7-5-8-12-16/h5-14,18-21,24H,15H2,1-4H3/t18-,19-,20-,21-,24-/m1/s1. The van der Waals surface area contributed by atoms with E-state index in [0.717, 1.165) is 11.8 Å². The lowest BCUT2D eigenvalue weighted by Gasteiger charge is -2.38. The van der Waals surface area contributed by atoms with Crippen LogP contribution in [-0.2, 0) is 18.9 Å². The van der Waals surface area contributed by atoms with Crippen molar-refractivity contribution in [1.82, 2.24) is 4.90 Å². The molecule has 2 aliphatic rings. The van der Waals surface area contributed by atoms with Gasteiger partial charge in [0.15, 0.2) is 17.4 Å². The Labute approximate surface area is 224 Å². The fraction of sp³-hybridized carbons (Fsp3) is 0.407. The molecule has 0 saturated carbocycles. The van der Waals surface area contributed by atoms with Gasteiger partial charge in [-0.25, -0.2) is 18.8 Å². The van der Waals surface area contributed by atoms with Gasteiger partial charge in [-0.05, 0) is 45.0 Å². The van der Waals surface area contributed by atoms with E-state index in [9.17, 15) is 14.4 Å².